The quantitative estimate of drug-likeness (QED) is 0.803. The van der Waals surface area contributed by atoms with Gasteiger partial charge in [-0.05, 0) is 24.1 Å². The number of benzene rings is 1. The number of nitriles is 2. The van der Waals surface area contributed by atoms with Crippen molar-refractivity contribution >= 4 is 22.5 Å². The summed E-state index contributed by atoms with van der Waals surface area (Å²) in [4.78, 5) is 8.60. The zero-order chi connectivity index (χ0) is 16.4. The highest BCUT2D eigenvalue weighted by Gasteiger charge is 2.10. The van der Waals surface area contributed by atoms with Crippen LogP contribution in [0, 0.1) is 22.7 Å². The van der Waals surface area contributed by atoms with Crippen molar-refractivity contribution in [2.24, 2.45) is 7.05 Å². The van der Waals surface area contributed by atoms with Gasteiger partial charge in [-0.1, -0.05) is 6.92 Å². The monoisotopic (exact) mass is 302 g/mol. The normalized spacial score (nSPS) is 10.3. The summed E-state index contributed by atoms with van der Waals surface area (Å²) in [5, 5.41) is 21.6. The van der Waals surface area contributed by atoms with Crippen molar-refractivity contribution in [3.8, 4) is 12.1 Å². The minimum Gasteiger partial charge on any atom is -0.340 e. The number of rotatable bonds is 3. The third-order valence-corrected chi connectivity index (χ3v) is 3.74. The first kappa shape index (κ1) is 14.6. The molecule has 2 aromatic heterocycles. The summed E-state index contributed by atoms with van der Waals surface area (Å²) in [6.07, 6.45) is 4.19. The van der Waals surface area contributed by atoms with Gasteiger partial charge in [0.15, 0.2) is 0 Å². The predicted molar refractivity (Wildman–Crippen MR) is 87.0 cm³/mol. The molecule has 6 heteroatoms. The van der Waals surface area contributed by atoms with Crippen LogP contribution in [-0.4, -0.2) is 14.5 Å². The summed E-state index contributed by atoms with van der Waals surface area (Å²) in [6, 6.07) is 9.49. The predicted octanol–water partition coefficient (Wildman–Crippen LogP) is 3.02. The molecule has 0 aliphatic heterocycles. The van der Waals surface area contributed by atoms with Gasteiger partial charge in [0.1, 0.15) is 23.5 Å². The molecule has 0 unspecified atom stereocenters. The maximum atomic E-state index is 9.20. The van der Waals surface area contributed by atoms with Gasteiger partial charge in [-0.25, -0.2) is 9.97 Å². The molecule has 3 rings (SSSR count). The smallest absolute Gasteiger partial charge is 0.132 e. The number of pyridine rings is 1. The average molecular weight is 302 g/mol. The summed E-state index contributed by atoms with van der Waals surface area (Å²) in [5.41, 5.74) is 4.30. The van der Waals surface area contributed by atoms with Gasteiger partial charge in [0.05, 0.1) is 29.2 Å². The summed E-state index contributed by atoms with van der Waals surface area (Å²) in [5.74, 6) is 0.671. The molecule has 3 aromatic rings. The number of aryl methyl sites for hydroxylation is 2. The van der Waals surface area contributed by atoms with E-state index in [1.807, 2.05) is 24.6 Å². The van der Waals surface area contributed by atoms with Crippen LogP contribution in [0.25, 0.3) is 11.0 Å². The Morgan fingerprint density at radius 3 is 2.57 bits per heavy atom. The lowest BCUT2D eigenvalue weighted by Gasteiger charge is -2.12. The maximum absolute atomic E-state index is 9.20. The van der Waals surface area contributed by atoms with Crippen molar-refractivity contribution in [3.63, 3.8) is 0 Å². The second-order valence-corrected chi connectivity index (χ2v) is 5.17. The Kier molecular flexibility index (Phi) is 3.66. The molecule has 0 aliphatic carbocycles. The van der Waals surface area contributed by atoms with E-state index in [-0.39, 0.29) is 0 Å². The Bertz CT molecular complexity index is 971. The second-order valence-electron chi connectivity index (χ2n) is 5.17. The van der Waals surface area contributed by atoms with Crippen LogP contribution >= 0.6 is 0 Å². The van der Waals surface area contributed by atoms with Crippen LogP contribution in [0.3, 0.4) is 0 Å². The van der Waals surface area contributed by atoms with E-state index in [1.165, 1.54) is 0 Å². The lowest BCUT2D eigenvalue weighted by molar-refractivity contribution is 0.947. The number of aromatic nitrogens is 3. The highest BCUT2D eigenvalue weighted by atomic mass is 15.0. The van der Waals surface area contributed by atoms with Gasteiger partial charge in [0, 0.05) is 18.8 Å². The van der Waals surface area contributed by atoms with E-state index >= 15 is 0 Å². The molecule has 0 aliphatic rings. The summed E-state index contributed by atoms with van der Waals surface area (Å²) >= 11 is 0. The summed E-state index contributed by atoms with van der Waals surface area (Å²) < 4.78 is 1.92. The van der Waals surface area contributed by atoms with Gasteiger partial charge >= 0.3 is 0 Å². The Morgan fingerprint density at radius 2 is 1.87 bits per heavy atom. The van der Waals surface area contributed by atoms with Gasteiger partial charge in [0.25, 0.3) is 0 Å². The first-order chi connectivity index (χ1) is 11.2. The molecule has 0 atom stereocenters. The lowest BCUT2D eigenvalue weighted by Crippen LogP contribution is -2.00. The largest absolute Gasteiger partial charge is 0.340 e. The highest BCUT2D eigenvalue weighted by molar-refractivity contribution is 5.79. The third-order valence-electron chi connectivity index (χ3n) is 3.74. The molecule has 1 aromatic carbocycles. The summed E-state index contributed by atoms with van der Waals surface area (Å²) in [6.45, 7) is 2.01. The zero-order valence-electron chi connectivity index (χ0n) is 12.8. The molecule has 2 heterocycles. The molecule has 0 saturated carbocycles. The van der Waals surface area contributed by atoms with E-state index < -0.39 is 0 Å². The standard InChI is InChI=1S/C17H14N6/c1-3-11-4-12(7-18)13(8-19)5-14(11)22-17-6-16-15(9-20-17)21-10-23(16)2/h4-6,9-10H,3H2,1-2H3,(H,20,22). The van der Waals surface area contributed by atoms with Crippen LogP contribution in [0.5, 0.6) is 0 Å². The van der Waals surface area contributed by atoms with E-state index in [9.17, 15) is 5.26 Å². The van der Waals surface area contributed by atoms with Crippen molar-refractivity contribution in [3.05, 3.63) is 47.4 Å². The molecule has 0 radical (unpaired) electrons. The maximum Gasteiger partial charge on any atom is 0.132 e. The minimum absolute atomic E-state index is 0.355. The van der Waals surface area contributed by atoms with Crippen LogP contribution in [-0.2, 0) is 13.5 Å². The molecule has 23 heavy (non-hydrogen) atoms. The molecule has 112 valence electrons. The summed E-state index contributed by atoms with van der Waals surface area (Å²) in [7, 11) is 1.92. The molecule has 0 fully saturated rings. The van der Waals surface area contributed by atoms with Gasteiger partial charge in [-0.2, -0.15) is 10.5 Å². The Morgan fingerprint density at radius 1 is 1.13 bits per heavy atom. The van der Waals surface area contributed by atoms with Gasteiger partial charge in [0.2, 0.25) is 0 Å². The molecule has 0 spiro atoms. The third kappa shape index (κ3) is 2.58. The molecular weight excluding hydrogens is 288 g/mol. The van der Waals surface area contributed by atoms with Crippen LogP contribution < -0.4 is 5.32 Å². The Hall–Kier alpha value is -3.38. The van der Waals surface area contributed by atoms with Gasteiger partial charge < -0.3 is 9.88 Å². The van der Waals surface area contributed by atoms with E-state index in [2.05, 4.69) is 27.4 Å². The fourth-order valence-electron chi connectivity index (χ4n) is 2.48. The molecule has 0 amide bonds. The van der Waals surface area contributed by atoms with Gasteiger partial charge in [-0.3, -0.25) is 0 Å². The highest BCUT2D eigenvalue weighted by Crippen LogP contribution is 2.25. The number of nitrogens with one attached hydrogen (secondary N) is 1. The molecular formula is C17H14N6. The number of hydrogen-bond donors (Lipinski definition) is 1. The number of hydrogen-bond acceptors (Lipinski definition) is 5. The first-order valence-electron chi connectivity index (χ1n) is 7.17. The van der Waals surface area contributed by atoms with Crippen molar-refractivity contribution in [1.29, 1.82) is 10.5 Å². The first-order valence-corrected chi connectivity index (χ1v) is 7.17. The van der Waals surface area contributed by atoms with Gasteiger partial charge in [-0.15, -0.1) is 0 Å². The van der Waals surface area contributed by atoms with Crippen molar-refractivity contribution in [2.45, 2.75) is 13.3 Å². The fourth-order valence-corrected chi connectivity index (χ4v) is 2.48. The van der Waals surface area contributed by atoms with Crippen molar-refractivity contribution in [2.75, 3.05) is 5.32 Å². The van der Waals surface area contributed by atoms with Crippen molar-refractivity contribution < 1.29 is 0 Å². The second kappa shape index (κ2) is 5.78. The van der Waals surface area contributed by atoms with E-state index in [0.29, 0.717) is 16.9 Å². The van der Waals surface area contributed by atoms with Crippen LogP contribution in [0.4, 0.5) is 11.5 Å². The molecule has 1 N–H and O–H groups in total. The molecule has 6 nitrogen and oxygen atoms in total. The average Bonchev–Trinajstić information content (AvgIpc) is 2.95. The number of nitrogens with zero attached hydrogens (tertiary/aromatic N) is 5. The Balaban J connectivity index is 2.05. The zero-order valence-corrected chi connectivity index (χ0v) is 12.8. The number of anilines is 2. The topological polar surface area (TPSA) is 90.3 Å². The van der Waals surface area contributed by atoms with Crippen LogP contribution in [0.1, 0.15) is 23.6 Å². The molecule has 0 bridgehead atoms. The minimum atomic E-state index is 0.355. The number of imidazole rings is 1. The van der Waals surface area contributed by atoms with E-state index in [4.69, 9.17) is 5.26 Å². The Labute approximate surface area is 133 Å². The van der Waals surface area contributed by atoms with E-state index in [0.717, 1.165) is 28.7 Å². The lowest BCUT2D eigenvalue weighted by atomic mass is 10.0. The van der Waals surface area contributed by atoms with Crippen LogP contribution in [0.2, 0.25) is 0 Å². The fraction of sp³-hybridized carbons (Fsp3) is 0.176. The SMILES string of the molecule is CCc1cc(C#N)c(C#N)cc1Nc1cc2c(cn1)ncn2C. The van der Waals surface area contributed by atoms with E-state index in [1.54, 1.807) is 24.7 Å². The van der Waals surface area contributed by atoms with Crippen LogP contribution in [0.15, 0.2) is 30.7 Å². The van der Waals surface area contributed by atoms with Crippen molar-refractivity contribution in [1.82, 2.24) is 14.5 Å². The number of fused-ring (bicyclic) bond motifs is 1. The molecule has 0 saturated heterocycles.